The number of aryl methyl sites for hydroxylation is 2. The molecule has 0 aliphatic heterocycles. The second-order valence-corrected chi connectivity index (χ2v) is 7.73. The summed E-state index contributed by atoms with van der Waals surface area (Å²) in [6.45, 7) is 6.70. The van der Waals surface area contributed by atoms with Crippen LogP contribution in [0, 0.1) is 13.8 Å². The van der Waals surface area contributed by atoms with Crippen molar-refractivity contribution in [2.45, 2.75) is 33.4 Å². The molecule has 140 valence electrons. The summed E-state index contributed by atoms with van der Waals surface area (Å²) in [7, 11) is 3.60. The standard InChI is InChI=1S/C20H27N3O2S/c1-14-6-8-17(9-7-14)21-19(24)13-23(5)20(25)16(3)22(4)12-18-15(2)10-11-26-18/h6-11,16H,12-13H2,1-5H3,(H,21,24)/t16-/m1/s1. The van der Waals surface area contributed by atoms with Crippen molar-refractivity contribution in [3.63, 3.8) is 0 Å². The molecular formula is C20H27N3O2S. The Hall–Kier alpha value is -2.18. The van der Waals surface area contributed by atoms with Crippen LogP contribution in [-0.4, -0.2) is 48.3 Å². The third-order valence-corrected chi connectivity index (χ3v) is 5.48. The van der Waals surface area contributed by atoms with Crippen LogP contribution in [0.25, 0.3) is 0 Å². The van der Waals surface area contributed by atoms with Crippen molar-refractivity contribution in [1.29, 1.82) is 0 Å². The first-order valence-electron chi connectivity index (χ1n) is 8.62. The SMILES string of the molecule is Cc1ccc(NC(=O)CN(C)C(=O)[C@@H](C)N(C)Cc2sccc2C)cc1. The minimum Gasteiger partial charge on any atom is -0.335 e. The van der Waals surface area contributed by atoms with Crippen LogP contribution in [0.1, 0.15) is 22.9 Å². The molecule has 2 aromatic rings. The summed E-state index contributed by atoms with van der Waals surface area (Å²) in [6, 6.07) is 9.38. The molecule has 1 atom stereocenters. The van der Waals surface area contributed by atoms with Gasteiger partial charge in [-0.15, -0.1) is 11.3 Å². The summed E-state index contributed by atoms with van der Waals surface area (Å²) in [6.07, 6.45) is 0. The molecule has 0 aliphatic rings. The predicted molar refractivity (Wildman–Crippen MR) is 107 cm³/mol. The molecule has 0 spiro atoms. The van der Waals surface area contributed by atoms with E-state index in [2.05, 4.69) is 23.7 Å². The van der Waals surface area contributed by atoms with E-state index in [4.69, 9.17) is 0 Å². The number of hydrogen-bond donors (Lipinski definition) is 1. The third-order valence-electron chi connectivity index (χ3n) is 4.47. The second kappa shape index (κ2) is 8.96. The van der Waals surface area contributed by atoms with Crippen molar-refractivity contribution < 1.29 is 9.59 Å². The van der Waals surface area contributed by atoms with Gasteiger partial charge in [0.25, 0.3) is 0 Å². The Bertz CT molecular complexity index is 755. The van der Waals surface area contributed by atoms with Crippen molar-refractivity contribution in [3.05, 3.63) is 51.7 Å². The number of anilines is 1. The molecule has 1 heterocycles. The Labute approximate surface area is 159 Å². The fraction of sp³-hybridized carbons (Fsp3) is 0.400. The second-order valence-electron chi connectivity index (χ2n) is 6.73. The molecular weight excluding hydrogens is 346 g/mol. The Balaban J connectivity index is 1.87. The molecule has 0 fully saturated rings. The summed E-state index contributed by atoms with van der Waals surface area (Å²) >= 11 is 1.70. The van der Waals surface area contributed by atoms with E-state index in [0.717, 1.165) is 17.8 Å². The number of amides is 2. The number of thiophene rings is 1. The van der Waals surface area contributed by atoms with Crippen molar-refractivity contribution in [3.8, 4) is 0 Å². The van der Waals surface area contributed by atoms with Crippen LogP contribution in [-0.2, 0) is 16.1 Å². The highest BCUT2D eigenvalue weighted by atomic mass is 32.1. The Morgan fingerprint density at radius 3 is 2.35 bits per heavy atom. The number of benzene rings is 1. The molecule has 2 amide bonds. The normalized spacial score (nSPS) is 12.1. The van der Waals surface area contributed by atoms with Crippen molar-refractivity contribution in [2.24, 2.45) is 0 Å². The average molecular weight is 374 g/mol. The van der Waals surface area contributed by atoms with Crippen LogP contribution >= 0.6 is 11.3 Å². The monoisotopic (exact) mass is 373 g/mol. The minimum absolute atomic E-state index is 0.0307. The lowest BCUT2D eigenvalue weighted by atomic mass is 10.2. The van der Waals surface area contributed by atoms with Gasteiger partial charge in [0.05, 0.1) is 12.6 Å². The molecule has 1 N–H and O–H groups in total. The lowest BCUT2D eigenvalue weighted by Gasteiger charge is -2.27. The zero-order valence-electron chi connectivity index (χ0n) is 16.1. The number of carbonyl (C=O) groups excluding carboxylic acids is 2. The van der Waals surface area contributed by atoms with Gasteiger partial charge < -0.3 is 10.2 Å². The maximum absolute atomic E-state index is 12.6. The molecule has 0 saturated heterocycles. The Morgan fingerprint density at radius 1 is 1.12 bits per heavy atom. The van der Waals surface area contributed by atoms with Crippen LogP contribution in [0.5, 0.6) is 0 Å². The van der Waals surface area contributed by atoms with E-state index in [1.807, 2.05) is 50.1 Å². The van der Waals surface area contributed by atoms with Crippen molar-refractivity contribution in [1.82, 2.24) is 9.80 Å². The van der Waals surface area contributed by atoms with E-state index < -0.39 is 0 Å². The average Bonchev–Trinajstić information content (AvgIpc) is 3.00. The quantitative estimate of drug-likeness (QED) is 0.810. The lowest BCUT2D eigenvalue weighted by molar-refractivity contribution is -0.137. The summed E-state index contributed by atoms with van der Waals surface area (Å²) in [5.74, 6) is -0.269. The van der Waals surface area contributed by atoms with Gasteiger partial charge in [-0.2, -0.15) is 0 Å². The van der Waals surface area contributed by atoms with Gasteiger partial charge in [0, 0.05) is 24.2 Å². The number of nitrogens with one attached hydrogen (secondary N) is 1. The van der Waals surface area contributed by atoms with Crippen LogP contribution in [0.4, 0.5) is 5.69 Å². The van der Waals surface area contributed by atoms with E-state index >= 15 is 0 Å². The highest BCUT2D eigenvalue weighted by molar-refractivity contribution is 7.10. The molecule has 0 unspecified atom stereocenters. The molecule has 26 heavy (non-hydrogen) atoms. The van der Waals surface area contributed by atoms with E-state index in [9.17, 15) is 9.59 Å². The zero-order chi connectivity index (χ0) is 19.3. The largest absolute Gasteiger partial charge is 0.335 e. The minimum atomic E-state index is -0.298. The summed E-state index contributed by atoms with van der Waals surface area (Å²) in [5, 5.41) is 4.88. The molecule has 1 aromatic heterocycles. The van der Waals surface area contributed by atoms with Gasteiger partial charge in [-0.1, -0.05) is 17.7 Å². The molecule has 0 bridgehead atoms. The van der Waals surface area contributed by atoms with E-state index in [1.54, 1.807) is 18.4 Å². The molecule has 6 heteroatoms. The highest BCUT2D eigenvalue weighted by Crippen LogP contribution is 2.18. The van der Waals surface area contributed by atoms with Gasteiger partial charge in [-0.3, -0.25) is 14.5 Å². The Morgan fingerprint density at radius 2 is 1.77 bits per heavy atom. The fourth-order valence-corrected chi connectivity index (χ4v) is 3.54. The highest BCUT2D eigenvalue weighted by Gasteiger charge is 2.23. The fourth-order valence-electron chi connectivity index (χ4n) is 2.57. The first kappa shape index (κ1) is 20.1. The summed E-state index contributed by atoms with van der Waals surface area (Å²) < 4.78 is 0. The molecule has 1 aromatic carbocycles. The van der Waals surface area contributed by atoms with E-state index in [0.29, 0.717) is 0 Å². The van der Waals surface area contributed by atoms with Crippen LogP contribution in [0.3, 0.4) is 0 Å². The molecule has 0 aliphatic carbocycles. The molecule has 0 saturated carbocycles. The molecule has 5 nitrogen and oxygen atoms in total. The first-order chi connectivity index (χ1) is 12.3. The number of rotatable bonds is 7. The summed E-state index contributed by atoms with van der Waals surface area (Å²) in [5.41, 5.74) is 3.11. The predicted octanol–water partition coefficient (Wildman–Crippen LogP) is 3.28. The maximum Gasteiger partial charge on any atom is 0.243 e. The van der Waals surface area contributed by atoms with E-state index in [-0.39, 0.29) is 24.4 Å². The maximum atomic E-state index is 12.6. The van der Waals surface area contributed by atoms with Gasteiger partial charge in [-0.05, 0) is 57.0 Å². The molecule has 2 rings (SSSR count). The van der Waals surface area contributed by atoms with Gasteiger partial charge in [-0.25, -0.2) is 0 Å². The molecule has 0 radical (unpaired) electrons. The summed E-state index contributed by atoms with van der Waals surface area (Å²) in [4.78, 5) is 29.6. The van der Waals surface area contributed by atoms with Crippen molar-refractivity contribution in [2.75, 3.05) is 26.0 Å². The topological polar surface area (TPSA) is 52.7 Å². The number of hydrogen-bond acceptors (Lipinski definition) is 4. The Kier molecular flexibility index (Phi) is 6.94. The number of carbonyl (C=O) groups is 2. The third kappa shape index (κ3) is 5.41. The zero-order valence-corrected chi connectivity index (χ0v) is 16.9. The van der Waals surface area contributed by atoms with Gasteiger partial charge in [0.1, 0.15) is 0 Å². The van der Waals surface area contributed by atoms with Crippen LogP contribution < -0.4 is 5.32 Å². The van der Waals surface area contributed by atoms with Crippen LogP contribution in [0.2, 0.25) is 0 Å². The van der Waals surface area contributed by atoms with E-state index in [1.165, 1.54) is 15.3 Å². The van der Waals surface area contributed by atoms with Gasteiger partial charge in [0.2, 0.25) is 11.8 Å². The van der Waals surface area contributed by atoms with Gasteiger partial charge >= 0.3 is 0 Å². The van der Waals surface area contributed by atoms with Crippen molar-refractivity contribution >= 4 is 28.8 Å². The smallest absolute Gasteiger partial charge is 0.243 e. The number of likely N-dealkylation sites (N-methyl/N-ethyl adjacent to an activating group) is 2. The first-order valence-corrected chi connectivity index (χ1v) is 9.50. The van der Waals surface area contributed by atoms with Crippen LogP contribution in [0.15, 0.2) is 35.7 Å². The van der Waals surface area contributed by atoms with Gasteiger partial charge in [0.15, 0.2) is 0 Å². The number of nitrogens with zero attached hydrogens (tertiary/aromatic N) is 2. The lowest BCUT2D eigenvalue weighted by Crippen LogP contribution is -2.46.